The number of morpholine rings is 1. The monoisotopic (exact) mass is 489 g/mol. The first kappa shape index (κ1) is 24.4. The summed E-state index contributed by atoms with van der Waals surface area (Å²) >= 11 is 0. The first-order valence-electron chi connectivity index (χ1n) is 11.4. The predicted octanol–water partition coefficient (Wildman–Crippen LogP) is 1.91. The number of urea groups is 1. The lowest BCUT2D eigenvalue weighted by Gasteiger charge is -2.34. The molecule has 184 valence electrons. The molecule has 2 heterocycles. The lowest BCUT2D eigenvalue weighted by Crippen LogP contribution is -2.44. The van der Waals surface area contributed by atoms with Gasteiger partial charge >= 0.3 is 6.03 Å². The number of nitrogens with one attached hydrogen (secondary N) is 2. The molecule has 1 atom stereocenters. The Labute approximate surface area is 199 Å². The van der Waals surface area contributed by atoms with E-state index in [1.807, 2.05) is 6.07 Å². The summed E-state index contributed by atoms with van der Waals surface area (Å²) in [6, 6.07) is 8.66. The van der Waals surface area contributed by atoms with Crippen molar-refractivity contribution in [1.82, 2.24) is 15.3 Å². The summed E-state index contributed by atoms with van der Waals surface area (Å²) in [5, 5.41) is 14.2. The third kappa shape index (κ3) is 5.16. The average molecular weight is 490 g/mol. The fraction of sp³-hybridized carbons (Fsp3) is 0.522. The normalized spacial score (nSPS) is 19.5. The van der Waals surface area contributed by atoms with E-state index in [1.165, 1.54) is 6.26 Å². The number of sulfone groups is 1. The van der Waals surface area contributed by atoms with Crippen LogP contribution in [0, 0.1) is 0 Å². The van der Waals surface area contributed by atoms with Crippen molar-refractivity contribution >= 4 is 27.4 Å². The molecule has 1 aromatic carbocycles. The minimum absolute atomic E-state index is 0.0138. The van der Waals surface area contributed by atoms with Crippen LogP contribution in [-0.2, 0) is 19.3 Å². The molecule has 34 heavy (non-hydrogen) atoms. The summed E-state index contributed by atoms with van der Waals surface area (Å²) in [7, 11) is -3.34. The second-order valence-electron chi connectivity index (χ2n) is 8.85. The molecule has 2 aliphatic rings. The van der Waals surface area contributed by atoms with Crippen LogP contribution in [-0.4, -0.2) is 74.7 Å². The summed E-state index contributed by atoms with van der Waals surface area (Å²) in [5.41, 5.74) is 1.84. The van der Waals surface area contributed by atoms with Gasteiger partial charge in [0.1, 0.15) is 10.6 Å². The van der Waals surface area contributed by atoms with Gasteiger partial charge in [-0.15, -0.1) is 0 Å². The maximum atomic E-state index is 12.6. The van der Waals surface area contributed by atoms with Gasteiger partial charge in [-0.25, -0.2) is 23.2 Å². The molecule has 0 bridgehead atoms. The number of aromatic nitrogens is 2. The number of hydrogen-bond donors (Lipinski definition) is 3. The number of carbonyl (C=O) groups is 1. The van der Waals surface area contributed by atoms with E-state index in [0.29, 0.717) is 68.6 Å². The second-order valence-corrected chi connectivity index (χ2v) is 11.2. The van der Waals surface area contributed by atoms with Crippen LogP contribution in [0.4, 0.5) is 16.3 Å². The van der Waals surface area contributed by atoms with Gasteiger partial charge in [-0.05, 0) is 50.5 Å². The summed E-state index contributed by atoms with van der Waals surface area (Å²) in [4.78, 5) is 23.6. The molecule has 1 aliphatic heterocycles. The third-order valence-electron chi connectivity index (χ3n) is 6.28. The highest BCUT2D eigenvalue weighted by Gasteiger charge is 2.55. The van der Waals surface area contributed by atoms with Crippen LogP contribution in [0.1, 0.15) is 31.9 Å². The van der Waals surface area contributed by atoms with Gasteiger partial charge in [-0.3, -0.25) is 0 Å². The molecule has 2 aromatic rings. The summed E-state index contributed by atoms with van der Waals surface area (Å²) in [5.74, 6) is 1.14. The van der Waals surface area contributed by atoms with Crippen LogP contribution in [0.25, 0.3) is 11.4 Å². The molecule has 11 heteroatoms. The van der Waals surface area contributed by atoms with Gasteiger partial charge in [0.05, 0.1) is 24.9 Å². The molecule has 0 radical (unpaired) electrons. The van der Waals surface area contributed by atoms with Crippen molar-refractivity contribution in [2.45, 2.75) is 37.0 Å². The van der Waals surface area contributed by atoms with Crippen LogP contribution in [0.2, 0.25) is 0 Å². The van der Waals surface area contributed by atoms with Gasteiger partial charge in [0, 0.05) is 43.3 Å². The number of hydrogen-bond acceptors (Lipinski definition) is 8. The first-order chi connectivity index (χ1) is 16.2. The van der Waals surface area contributed by atoms with Crippen LogP contribution in [0.15, 0.2) is 30.3 Å². The van der Waals surface area contributed by atoms with Crippen LogP contribution in [0.5, 0.6) is 0 Å². The van der Waals surface area contributed by atoms with E-state index in [4.69, 9.17) is 19.8 Å². The quantitative estimate of drug-likeness (QED) is 0.479. The van der Waals surface area contributed by atoms with Gasteiger partial charge in [0.15, 0.2) is 15.7 Å². The molecule has 2 amide bonds. The van der Waals surface area contributed by atoms with Crippen molar-refractivity contribution in [3.8, 4) is 11.4 Å². The molecule has 1 aromatic heterocycles. The molecule has 4 rings (SSSR count). The fourth-order valence-electron chi connectivity index (χ4n) is 4.10. The molecule has 2 fully saturated rings. The Morgan fingerprint density at radius 3 is 2.62 bits per heavy atom. The van der Waals surface area contributed by atoms with Crippen molar-refractivity contribution < 1.29 is 23.1 Å². The van der Waals surface area contributed by atoms with Crippen molar-refractivity contribution in [3.63, 3.8) is 0 Å². The number of aliphatic hydroxyl groups is 1. The molecular weight excluding hydrogens is 458 g/mol. The fourth-order valence-corrected chi connectivity index (χ4v) is 5.43. The zero-order valence-corrected chi connectivity index (χ0v) is 20.3. The van der Waals surface area contributed by atoms with Crippen molar-refractivity contribution in [2.24, 2.45) is 0 Å². The van der Waals surface area contributed by atoms with E-state index in [2.05, 4.69) is 22.5 Å². The molecule has 10 nitrogen and oxygen atoms in total. The first-order valence-corrected chi connectivity index (χ1v) is 13.3. The van der Waals surface area contributed by atoms with E-state index in [-0.39, 0.29) is 18.7 Å². The van der Waals surface area contributed by atoms with Gasteiger partial charge < -0.3 is 25.4 Å². The van der Waals surface area contributed by atoms with Gasteiger partial charge in [-0.1, -0.05) is 0 Å². The number of aliphatic hydroxyl groups excluding tert-OH is 1. The molecule has 0 unspecified atom stereocenters. The highest BCUT2D eigenvalue weighted by molar-refractivity contribution is 7.91. The van der Waals surface area contributed by atoms with Crippen LogP contribution < -0.4 is 15.5 Å². The van der Waals surface area contributed by atoms with Gasteiger partial charge in [-0.2, -0.15) is 0 Å². The molecule has 3 N–H and O–H groups in total. The maximum Gasteiger partial charge on any atom is 0.319 e. The minimum Gasteiger partial charge on any atom is -0.396 e. The summed E-state index contributed by atoms with van der Waals surface area (Å²) in [6.07, 6.45) is 2.85. The van der Waals surface area contributed by atoms with Gasteiger partial charge in [0.25, 0.3) is 0 Å². The van der Waals surface area contributed by atoms with Crippen LogP contribution >= 0.6 is 0 Å². The van der Waals surface area contributed by atoms with E-state index in [9.17, 15) is 13.2 Å². The number of nitrogens with zero attached hydrogens (tertiary/aromatic N) is 3. The number of rotatable bonds is 8. The lowest BCUT2D eigenvalue weighted by molar-refractivity contribution is 0.0985. The Bertz CT molecular complexity index is 1130. The number of carbonyl (C=O) groups excluding carboxylic acids is 1. The largest absolute Gasteiger partial charge is 0.396 e. The number of anilines is 2. The summed E-state index contributed by atoms with van der Waals surface area (Å²) < 4.78 is 29.8. The van der Waals surface area contributed by atoms with E-state index in [1.54, 1.807) is 24.3 Å². The Morgan fingerprint density at radius 1 is 1.26 bits per heavy atom. The highest BCUT2D eigenvalue weighted by Crippen LogP contribution is 2.52. The van der Waals surface area contributed by atoms with E-state index < -0.39 is 14.6 Å². The van der Waals surface area contributed by atoms with Gasteiger partial charge in [0.2, 0.25) is 0 Å². The van der Waals surface area contributed by atoms with Crippen molar-refractivity contribution in [2.75, 3.05) is 49.4 Å². The average Bonchev–Trinajstić information content (AvgIpc) is 3.62. The van der Waals surface area contributed by atoms with Crippen LogP contribution in [0.3, 0.4) is 0 Å². The highest BCUT2D eigenvalue weighted by atomic mass is 32.2. The zero-order valence-electron chi connectivity index (χ0n) is 19.5. The Morgan fingerprint density at radius 2 is 2.00 bits per heavy atom. The molecule has 1 saturated heterocycles. The molecular formula is C23H31N5O5S. The van der Waals surface area contributed by atoms with E-state index in [0.717, 1.165) is 5.56 Å². The predicted molar refractivity (Wildman–Crippen MR) is 130 cm³/mol. The Hall–Kier alpha value is -2.76. The van der Waals surface area contributed by atoms with E-state index >= 15 is 0 Å². The minimum atomic E-state index is -3.34. The van der Waals surface area contributed by atoms with Crippen molar-refractivity contribution in [3.05, 3.63) is 36.0 Å². The third-order valence-corrected chi connectivity index (χ3v) is 8.31. The molecule has 1 aliphatic carbocycles. The Kier molecular flexibility index (Phi) is 7.06. The number of benzene rings is 1. The Balaban J connectivity index is 1.64. The van der Waals surface area contributed by atoms with Crippen molar-refractivity contribution in [1.29, 1.82) is 0 Å². The SMILES string of the molecule is C[C@H]1COCCN1c1cc(C2(S(C)(=O)=O)CC2)nc(-c2ccc(NC(=O)NCCCO)cc2)n1. The standard InChI is InChI=1S/C23H31N5O5S/c1-16-15-33-13-11-28(16)20-14-19(23(8-9-23)34(2,31)32)26-21(27-20)17-4-6-18(7-5-17)25-22(30)24-10-3-12-29/h4-7,14,16,29H,3,8-13,15H2,1-2H3,(H2,24,25,30)/t16-/m0/s1. The topological polar surface area (TPSA) is 134 Å². The second kappa shape index (κ2) is 9.85. The molecule has 0 spiro atoms. The smallest absolute Gasteiger partial charge is 0.319 e. The number of amides is 2. The molecule has 1 saturated carbocycles. The lowest BCUT2D eigenvalue weighted by atomic mass is 10.1. The number of ether oxygens (including phenoxy) is 1. The zero-order chi connectivity index (χ0) is 24.3. The maximum absolute atomic E-state index is 12.6. The summed E-state index contributed by atoms with van der Waals surface area (Å²) in [6.45, 7) is 4.27.